The Morgan fingerprint density at radius 2 is 1.93 bits per heavy atom. The number of aryl methyl sites for hydroxylation is 1. The topological polar surface area (TPSA) is 76.3 Å². The second-order valence-corrected chi connectivity index (χ2v) is 7.10. The van der Waals surface area contributed by atoms with Crippen molar-refractivity contribution < 1.29 is 14.0 Å². The molecule has 1 saturated carbocycles. The highest BCUT2D eigenvalue weighted by atomic mass is 19.1. The van der Waals surface area contributed by atoms with E-state index in [9.17, 15) is 14.0 Å². The van der Waals surface area contributed by atoms with E-state index in [1.54, 1.807) is 29.2 Å². The van der Waals surface area contributed by atoms with E-state index >= 15 is 0 Å². The lowest BCUT2D eigenvalue weighted by atomic mass is 9.87. The second-order valence-electron chi connectivity index (χ2n) is 7.10. The molecule has 150 valence electrons. The monoisotopic (exact) mass is 385 g/mol. The fraction of sp³-hybridized carbons (Fsp3) is 0.409. The number of hydrogen-bond acceptors (Lipinski definition) is 3. The minimum Gasteiger partial charge on any atom is -0.364 e. The van der Waals surface area contributed by atoms with Crippen LogP contribution in [0.2, 0.25) is 0 Å². The lowest BCUT2D eigenvalue weighted by molar-refractivity contribution is -0.107. The van der Waals surface area contributed by atoms with Gasteiger partial charge >= 0.3 is 0 Å². The van der Waals surface area contributed by atoms with Crippen molar-refractivity contribution in [2.75, 3.05) is 11.4 Å². The van der Waals surface area contributed by atoms with Crippen LogP contribution in [0, 0.1) is 18.7 Å². The van der Waals surface area contributed by atoms with Crippen molar-refractivity contribution in [2.24, 2.45) is 11.7 Å². The van der Waals surface area contributed by atoms with Gasteiger partial charge in [0, 0.05) is 17.9 Å². The van der Waals surface area contributed by atoms with Gasteiger partial charge in [0.2, 0.25) is 6.41 Å². The maximum absolute atomic E-state index is 13.1. The number of aromatic nitrogens is 1. The molecule has 2 N–H and O–H groups in total. The van der Waals surface area contributed by atoms with Crippen LogP contribution in [-0.4, -0.2) is 23.8 Å². The predicted molar refractivity (Wildman–Crippen MR) is 108 cm³/mol. The van der Waals surface area contributed by atoms with Gasteiger partial charge < -0.3 is 10.6 Å². The number of halogens is 1. The van der Waals surface area contributed by atoms with E-state index in [2.05, 4.69) is 4.98 Å². The third-order valence-electron chi connectivity index (χ3n) is 4.91. The van der Waals surface area contributed by atoms with Gasteiger partial charge in [-0.2, -0.15) is 0 Å². The molecule has 6 heteroatoms. The van der Waals surface area contributed by atoms with Crippen LogP contribution in [0.1, 0.15) is 54.7 Å². The molecule has 0 bridgehead atoms. The first-order valence-electron chi connectivity index (χ1n) is 9.70. The summed E-state index contributed by atoms with van der Waals surface area (Å²) in [7, 11) is 0. The third kappa shape index (κ3) is 7.10. The summed E-state index contributed by atoms with van der Waals surface area (Å²) in [6.45, 7) is 2.50. The normalized spacial score (nSPS) is 13.9. The Bertz CT molecular complexity index is 776. The molecule has 1 aromatic heterocycles. The molecule has 0 radical (unpaired) electrons. The van der Waals surface area contributed by atoms with E-state index in [0.29, 0.717) is 17.9 Å². The van der Waals surface area contributed by atoms with Crippen LogP contribution in [0.25, 0.3) is 0 Å². The van der Waals surface area contributed by atoms with Crippen LogP contribution in [0.3, 0.4) is 0 Å². The fourth-order valence-electron chi connectivity index (χ4n) is 3.38. The standard InChI is InChI=1S/C15H20FNO.C7H8N2O/c16-14-7-4-8-15(11-14)17(12-18)10-9-13-5-2-1-3-6-13;1-5-3-2-4-6(9-5)7(8)10/h4,7-8,11-13H,1-3,5-6,9-10H2;2-4H,1H3,(H2,8,10). The van der Waals surface area contributed by atoms with Crippen molar-refractivity contribution >= 4 is 18.0 Å². The molecular weight excluding hydrogens is 357 g/mol. The minimum atomic E-state index is -0.483. The number of anilines is 1. The maximum Gasteiger partial charge on any atom is 0.267 e. The molecule has 0 aliphatic heterocycles. The Kier molecular flexibility index (Phi) is 8.59. The molecule has 1 heterocycles. The molecule has 1 aliphatic carbocycles. The van der Waals surface area contributed by atoms with Crippen LogP contribution >= 0.6 is 0 Å². The number of pyridine rings is 1. The zero-order valence-electron chi connectivity index (χ0n) is 16.3. The largest absolute Gasteiger partial charge is 0.364 e. The summed E-state index contributed by atoms with van der Waals surface area (Å²) in [6, 6.07) is 11.4. The molecule has 28 heavy (non-hydrogen) atoms. The minimum absolute atomic E-state index is 0.294. The quantitative estimate of drug-likeness (QED) is 0.755. The smallest absolute Gasteiger partial charge is 0.267 e. The molecular formula is C22H28FN3O2. The van der Waals surface area contributed by atoms with Crippen molar-refractivity contribution in [1.29, 1.82) is 0 Å². The van der Waals surface area contributed by atoms with Gasteiger partial charge in [-0.3, -0.25) is 9.59 Å². The van der Waals surface area contributed by atoms with Crippen molar-refractivity contribution in [3.63, 3.8) is 0 Å². The van der Waals surface area contributed by atoms with Crippen molar-refractivity contribution in [1.82, 2.24) is 4.98 Å². The van der Waals surface area contributed by atoms with Crippen LogP contribution in [0.4, 0.5) is 10.1 Å². The zero-order valence-corrected chi connectivity index (χ0v) is 16.3. The number of nitrogens with zero attached hydrogens (tertiary/aromatic N) is 2. The summed E-state index contributed by atoms with van der Waals surface area (Å²) >= 11 is 0. The molecule has 2 aromatic rings. The molecule has 0 unspecified atom stereocenters. The van der Waals surface area contributed by atoms with Crippen LogP contribution in [0.5, 0.6) is 0 Å². The van der Waals surface area contributed by atoms with Gasteiger partial charge in [-0.15, -0.1) is 0 Å². The number of primary amides is 1. The molecule has 0 atom stereocenters. The molecule has 5 nitrogen and oxygen atoms in total. The molecule has 1 aromatic carbocycles. The van der Waals surface area contributed by atoms with Gasteiger partial charge in [-0.05, 0) is 49.6 Å². The number of rotatable bonds is 6. The van der Waals surface area contributed by atoms with E-state index in [4.69, 9.17) is 5.73 Å². The SMILES string of the molecule is Cc1cccc(C(N)=O)n1.O=CN(CCC1CCCCC1)c1cccc(F)c1. The first kappa shape index (κ1) is 21.5. The highest BCUT2D eigenvalue weighted by molar-refractivity contribution is 5.90. The first-order chi connectivity index (χ1) is 13.5. The van der Waals surface area contributed by atoms with Crippen molar-refractivity contribution in [2.45, 2.75) is 45.4 Å². The molecule has 2 amide bonds. The van der Waals surface area contributed by atoms with Gasteiger partial charge in [-0.25, -0.2) is 9.37 Å². The molecule has 0 saturated heterocycles. The van der Waals surface area contributed by atoms with Crippen LogP contribution in [-0.2, 0) is 4.79 Å². The Morgan fingerprint density at radius 3 is 2.50 bits per heavy atom. The van der Waals surface area contributed by atoms with E-state index < -0.39 is 5.91 Å². The average molecular weight is 385 g/mol. The van der Waals surface area contributed by atoms with Gasteiger partial charge in [0.1, 0.15) is 11.5 Å². The first-order valence-corrected chi connectivity index (χ1v) is 9.70. The van der Waals surface area contributed by atoms with Crippen molar-refractivity contribution in [3.05, 3.63) is 59.7 Å². The molecule has 0 spiro atoms. The molecule has 1 aliphatic rings. The van der Waals surface area contributed by atoms with E-state index in [1.807, 2.05) is 13.0 Å². The van der Waals surface area contributed by atoms with Gasteiger partial charge in [0.25, 0.3) is 5.91 Å². The Morgan fingerprint density at radius 1 is 1.21 bits per heavy atom. The number of carbonyl (C=O) groups is 2. The third-order valence-corrected chi connectivity index (χ3v) is 4.91. The second kappa shape index (κ2) is 11.2. The van der Waals surface area contributed by atoms with Crippen molar-refractivity contribution in [3.8, 4) is 0 Å². The predicted octanol–water partition coefficient (Wildman–Crippen LogP) is 4.25. The molecule has 3 rings (SSSR count). The summed E-state index contributed by atoms with van der Waals surface area (Å²) in [4.78, 5) is 27.1. The van der Waals surface area contributed by atoms with Gasteiger partial charge in [0.05, 0.1) is 0 Å². The summed E-state index contributed by atoms with van der Waals surface area (Å²) in [5.74, 6) is -0.0459. The highest BCUT2D eigenvalue weighted by Crippen LogP contribution is 2.27. The lowest BCUT2D eigenvalue weighted by Crippen LogP contribution is -2.25. The molecule has 1 fully saturated rings. The van der Waals surface area contributed by atoms with Gasteiger partial charge in [0.15, 0.2) is 0 Å². The summed E-state index contributed by atoms with van der Waals surface area (Å²) in [5.41, 5.74) is 6.76. The summed E-state index contributed by atoms with van der Waals surface area (Å²) < 4.78 is 13.1. The Hall–Kier alpha value is -2.76. The van der Waals surface area contributed by atoms with E-state index in [-0.39, 0.29) is 5.82 Å². The number of carbonyl (C=O) groups excluding carboxylic acids is 2. The van der Waals surface area contributed by atoms with Crippen LogP contribution in [0.15, 0.2) is 42.5 Å². The lowest BCUT2D eigenvalue weighted by Gasteiger charge is -2.24. The van der Waals surface area contributed by atoms with Gasteiger partial charge in [-0.1, -0.05) is 44.2 Å². The number of nitrogens with two attached hydrogens (primary N) is 1. The summed E-state index contributed by atoms with van der Waals surface area (Å²) in [6.07, 6.45) is 8.34. The maximum atomic E-state index is 13.1. The van der Waals surface area contributed by atoms with E-state index in [0.717, 1.165) is 24.4 Å². The Balaban J connectivity index is 0.000000237. The highest BCUT2D eigenvalue weighted by Gasteiger charge is 2.15. The summed E-state index contributed by atoms with van der Waals surface area (Å²) in [5, 5.41) is 0. The average Bonchev–Trinajstić information content (AvgIpc) is 2.70. The number of hydrogen-bond donors (Lipinski definition) is 1. The van der Waals surface area contributed by atoms with E-state index in [1.165, 1.54) is 44.2 Å². The Labute approximate surface area is 165 Å². The fourth-order valence-corrected chi connectivity index (χ4v) is 3.38. The number of amides is 2. The van der Waals surface area contributed by atoms with Crippen LogP contribution < -0.4 is 10.6 Å². The zero-order chi connectivity index (χ0) is 20.4. The number of benzene rings is 1.